The minimum Gasteiger partial charge on any atom is -0.278 e. The van der Waals surface area contributed by atoms with Crippen LogP contribution in [0.1, 0.15) is 42.5 Å². The van der Waals surface area contributed by atoms with Crippen LogP contribution >= 0.6 is 0 Å². The molecule has 1 saturated carbocycles. The van der Waals surface area contributed by atoms with Crippen LogP contribution in [0.4, 0.5) is 0 Å². The molecule has 0 N–H and O–H groups in total. The van der Waals surface area contributed by atoms with E-state index >= 15 is 0 Å². The van der Waals surface area contributed by atoms with E-state index in [4.69, 9.17) is 0 Å². The molecule has 1 aliphatic rings. The lowest BCUT2D eigenvalue weighted by molar-refractivity contribution is -0.118. The molecule has 0 bridgehead atoms. The molecule has 1 aromatic rings. The Balaban J connectivity index is 2.12. The fourth-order valence-corrected chi connectivity index (χ4v) is 2.39. The van der Waals surface area contributed by atoms with Crippen LogP contribution in [-0.2, 0) is 4.79 Å². The van der Waals surface area contributed by atoms with Gasteiger partial charge in [-0.15, -0.1) is 0 Å². The summed E-state index contributed by atoms with van der Waals surface area (Å²) in [5.74, 6) is -0.174. The quantitative estimate of drug-likeness (QED) is 0.750. The summed E-state index contributed by atoms with van der Waals surface area (Å²) < 4.78 is 0. The Hall–Kier alpha value is -1.64. The molecule has 1 aliphatic carbocycles. The highest BCUT2D eigenvalue weighted by atomic mass is 16.2. The SMILES string of the molecule is O=CN(C(=O)c1ccccc1)C1CCCCC1. The average molecular weight is 231 g/mol. The molecule has 2 amide bonds. The molecular formula is C14H17NO2. The number of carbonyl (C=O) groups excluding carboxylic acids is 2. The minimum atomic E-state index is -0.174. The predicted octanol–water partition coefficient (Wildman–Crippen LogP) is 2.62. The molecule has 0 aromatic heterocycles. The molecule has 1 fully saturated rings. The first-order valence-corrected chi connectivity index (χ1v) is 6.16. The maximum atomic E-state index is 12.2. The van der Waals surface area contributed by atoms with E-state index in [2.05, 4.69) is 0 Å². The third kappa shape index (κ3) is 2.73. The zero-order valence-electron chi connectivity index (χ0n) is 9.84. The monoisotopic (exact) mass is 231 g/mol. The highest BCUT2D eigenvalue weighted by Crippen LogP contribution is 2.22. The molecule has 0 saturated heterocycles. The zero-order chi connectivity index (χ0) is 12.1. The first-order valence-electron chi connectivity index (χ1n) is 6.16. The molecule has 1 aromatic carbocycles. The van der Waals surface area contributed by atoms with Gasteiger partial charge >= 0.3 is 0 Å². The van der Waals surface area contributed by atoms with E-state index in [0.29, 0.717) is 12.0 Å². The van der Waals surface area contributed by atoms with Gasteiger partial charge in [0.25, 0.3) is 5.91 Å². The topological polar surface area (TPSA) is 37.4 Å². The van der Waals surface area contributed by atoms with E-state index < -0.39 is 0 Å². The van der Waals surface area contributed by atoms with Gasteiger partial charge in [-0.3, -0.25) is 14.5 Å². The second-order valence-corrected chi connectivity index (χ2v) is 4.48. The van der Waals surface area contributed by atoms with Gasteiger partial charge in [-0.25, -0.2) is 0 Å². The number of amides is 2. The average Bonchev–Trinajstić information content (AvgIpc) is 2.42. The molecule has 0 atom stereocenters. The molecular weight excluding hydrogens is 214 g/mol. The molecule has 3 heteroatoms. The number of hydrogen-bond donors (Lipinski definition) is 0. The van der Waals surface area contributed by atoms with E-state index in [0.717, 1.165) is 25.7 Å². The summed E-state index contributed by atoms with van der Waals surface area (Å²) >= 11 is 0. The first-order chi connectivity index (χ1) is 8.33. The molecule has 0 aliphatic heterocycles. The van der Waals surface area contributed by atoms with Crippen molar-refractivity contribution in [3.8, 4) is 0 Å². The van der Waals surface area contributed by atoms with Crippen LogP contribution in [0.25, 0.3) is 0 Å². The van der Waals surface area contributed by atoms with Crippen molar-refractivity contribution in [1.82, 2.24) is 4.90 Å². The third-order valence-electron chi connectivity index (χ3n) is 3.34. The Morgan fingerprint density at radius 3 is 2.35 bits per heavy atom. The van der Waals surface area contributed by atoms with E-state index in [9.17, 15) is 9.59 Å². The van der Waals surface area contributed by atoms with Gasteiger partial charge in [-0.05, 0) is 25.0 Å². The second-order valence-electron chi connectivity index (χ2n) is 4.48. The van der Waals surface area contributed by atoms with E-state index in [1.54, 1.807) is 12.1 Å². The van der Waals surface area contributed by atoms with Gasteiger partial charge in [0, 0.05) is 11.6 Å². The number of imide groups is 1. The largest absolute Gasteiger partial charge is 0.278 e. The highest BCUT2D eigenvalue weighted by molar-refractivity contribution is 6.00. The van der Waals surface area contributed by atoms with Crippen molar-refractivity contribution in [2.75, 3.05) is 0 Å². The van der Waals surface area contributed by atoms with Crippen molar-refractivity contribution in [3.05, 3.63) is 35.9 Å². The molecule has 3 nitrogen and oxygen atoms in total. The fourth-order valence-electron chi connectivity index (χ4n) is 2.39. The van der Waals surface area contributed by atoms with Gasteiger partial charge in [0.05, 0.1) is 0 Å². The van der Waals surface area contributed by atoms with Crippen molar-refractivity contribution in [3.63, 3.8) is 0 Å². The summed E-state index contributed by atoms with van der Waals surface area (Å²) in [5.41, 5.74) is 0.588. The Kier molecular flexibility index (Phi) is 3.91. The van der Waals surface area contributed by atoms with Crippen LogP contribution in [0.15, 0.2) is 30.3 Å². The predicted molar refractivity (Wildman–Crippen MR) is 65.5 cm³/mol. The van der Waals surface area contributed by atoms with Crippen molar-refractivity contribution < 1.29 is 9.59 Å². The third-order valence-corrected chi connectivity index (χ3v) is 3.34. The lowest BCUT2D eigenvalue weighted by Gasteiger charge is -2.29. The number of rotatable bonds is 3. The van der Waals surface area contributed by atoms with Gasteiger partial charge in [0.2, 0.25) is 6.41 Å². The van der Waals surface area contributed by atoms with Gasteiger partial charge < -0.3 is 0 Å². The fraction of sp³-hybridized carbons (Fsp3) is 0.429. The smallest absolute Gasteiger partial charge is 0.260 e. The van der Waals surface area contributed by atoms with Crippen molar-refractivity contribution in [2.45, 2.75) is 38.1 Å². The van der Waals surface area contributed by atoms with Crippen molar-refractivity contribution >= 4 is 12.3 Å². The van der Waals surface area contributed by atoms with Crippen molar-refractivity contribution in [1.29, 1.82) is 0 Å². The molecule has 0 radical (unpaired) electrons. The molecule has 0 unspecified atom stereocenters. The maximum absolute atomic E-state index is 12.2. The van der Waals surface area contributed by atoms with Gasteiger partial charge in [0.15, 0.2) is 0 Å². The number of hydrogen-bond acceptors (Lipinski definition) is 2. The van der Waals surface area contributed by atoms with Crippen LogP contribution in [-0.4, -0.2) is 23.3 Å². The standard InChI is InChI=1S/C14H17NO2/c16-11-15(13-9-5-2-6-10-13)14(17)12-7-3-1-4-8-12/h1,3-4,7-8,11,13H,2,5-6,9-10H2. The summed E-state index contributed by atoms with van der Waals surface area (Å²) in [6.07, 6.45) is 6.00. The number of carbonyl (C=O) groups is 2. The zero-order valence-corrected chi connectivity index (χ0v) is 9.84. The number of nitrogens with zero attached hydrogens (tertiary/aromatic N) is 1. The summed E-state index contributed by atoms with van der Waals surface area (Å²) in [5, 5.41) is 0. The summed E-state index contributed by atoms with van der Waals surface area (Å²) in [6.45, 7) is 0. The van der Waals surface area contributed by atoms with Crippen LogP contribution < -0.4 is 0 Å². The van der Waals surface area contributed by atoms with Crippen LogP contribution in [0, 0.1) is 0 Å². The molecule has 90 valence electrons. The lowest BCUT2D eigenvalue weighted by atomic mass is 9.94. The number of benzene rings is 1. The van der Waals surface area contributed by atoms with E-state index in [1.807, 2.05) is 18.2 Å². The summed E-state index contributed by atoms with van der Waals surface area (Å²) in [6, 6.07) is 9.09. The Morgan fingerprint density at radius 1 is 1.12 bits per heavy atom. The maximum Gasteiger partial charge on any atom is 0.260 e. The van der Waals surface area contributed by atoms with Crippen LogP contribution in [0.2, 0.25) is 0 Å². The second kappa shape index (κ2) is 5.62. The Labute approximate surface area is 101 Å². The van der Waals surface area contributed by atoms with Gasteiger partial charge in [0.1, 0.15) is 0 Å². The normalized spacial score (nSPS) is 16.5. The van der Waals surface area contributed by atoms with E-state index in [1.165, 1.54) is 11.3 Å². The lowest BCUT2D eigenvalue weighted by Crippen LogP contribution is -2.40. The molecule has 0 spiro atoms. The first kappa shape index (κ1) is 11.8. The van der Waals surface area contributed by atoms with Crippen molar-refractivity contribution in [2.24, 2.45) is 0 Å². The Bertz CT molecular complexity index is 382. The van der Waals surface area contributed by atoms with E-state index in [-0.39, 0.29) is 11.9 Å². The van der Waals surface area contributed by atoms with Crippen LogP contribution in [0.5, 0.6) is 0 Å². The summed E-state index contributed by atoms with van der Waals surface area (Å²) in [4.78, 5) is 24.7. The molecule has 0 heterocycles. The van der Waals surface area contributed by atoms with Gasteiger partial charge in [-0.2, -0.15) is 0 Å². The van der Waals surface area contributed by atoms with Crippen LogP contribution in [0.3, 0.4) is 0 Å². The summed E-state index contributed by atoms with van der Waals surface area (Å²) in [7, 11) is 0. The minimum absolute atomic E-state index is 0.0916. The van der Waals surface area contributed by atoms with Gasteiger partial charge in [-0.1, -0.05) is 37.5 Å². The Morgan fingerprint density at radius 2 is 1.76 bits per heavy atom. The molecule has 17 heavy (non-hydrogen) atoms. The highest BCUT2D eigenvalue weighted by Gasteiger charge is 2.25. The molecule has 2 rings (SSSR count).